The average molecular weight is 379 g/mol. The lowest BCUT2D eigenvalue weighted by molar-refractivity contribution is -0.274. The number of anilines is 1. The Morgan fingerprint density at radius 3 is 2.59 bits per heavy atom. The van der Waals surface area contributed by atoms with Crippen LogP contribution in [0.3, 0.4) is 0 Å². The van der Waals surface area contributed by atoms with Crippen molar-refractivity contribution in [1.29, 1.82) is 0 Å². The summed E-state index contributed by atoms with van der Waals surface area (Å²) in [7, 11) is 0. The third-order valence-electron chi connectivity index (χ3n) is 3.27. The lowest BCUT2D eigenvalue weighted by Crippen LogP contribution is -2.22. The number of halogens is 3. The summed E-state index contributed by atoms with van der Waals surface area (Å²) in [5.74, 6) is -0.998. The van der Waals surface area contributed by atoms with Gasteiger partial charge in [0.1, 0.15) is 11.4 Å². The molecule has 10 heteroatoms. The zero-order valence-corrected chi connectivity index (χ0v) is 13.6. The van der Waals surface area contributed by atoms with E-state index in [9.17, 15) is 22.8 Å². The lowest BCUT2D eigenvalue weighted by atomic mass is 10.3. The monoisotopic (exact) mass is 379 g/mol. The van der Waals surface area contributed by atoms with Crippen molar-refractivity contribution in [1.82, 2.24) is 9.38 Å². The normalized spacial score (nSPS) is 11.2. The molecular weight excluding hydrogens is 367 g/mol. The first kappa shape index (κ1) is 18.2. The molecular formula is C17H12F3N3O4. The van der Waals surface area contributed by atoms with Crippen LogP contribution in [-0.4, -0.2) is 28.3 Å². The maximum atomic E-state index is 12.1. The number of aromatic nitrogens is 2. The molecule has 0 aliphatic carbocycles. The highest BCUT2D eigenvalue weighted by molar-refractivity contribution is 5.91. The molecule has 3 aromatic rings. The van der Waals surface area contributed by atoms with Gasteiger partial charge in [-0.2, -0.15) is 4.98 Å². The second-order valence-electron chi connectivity index (χ2n) is 5.27. The van der Waals surface area contributed by atoms with Gasteiger partial charge in [-0.05, 0) is 36.4 Å². The van der Waals surface area contributed by atoms with Crippen LogP contribution < -0.4 is 20.3 Å². The van der Waals surface area contributed by atoms with Crippen LogP contribution in [0.4, 0.5) is 18.9 Å². The van der Waals surface area contributed by atoms with Crippen LogP contribution >= 0.6 is 0 Å². The Morgan fingerprint density at radius 1 is 1.15 bits per heavy atom. The van der Waals surface area contributed by atoms with Crippen LogP contribution in [0.1, 0.15) is 0 Å². The minimum Gasteiger partial charge on any atom is -0.467 e. The molecule has 0 spiro atoms. The predicted octanol–water partition coefficient (Wildman–Crippen LogP) is 2.61. The maximum absolute atomic E-state index is 12.1. The molecule has 7 nitrogen and oxygen atoms in total. The Hall–Kier alpha value is -3.56. The number of fused-ring (bicyclic) bond motifs is 1. The number of benzene rings is 1. The minimum atomic E-state index is -4.79. The van der Waals surface area contributed by atoms with Crippen molar-refractivity contribution >= 4 is 17.2 Å². The van der Waals surface area contributed by atoms with E-state index in [0.717, 1.165) is 18.2 Å². The molecule has 3 rings (SSSR count). The minimum absolute atomic E-state index is 0.0183. The van der Waals surface area contributed by atoms with Gasteiger partial charge in [0.05, 0.1) is 6.07 Å². The van der Waals surface area contributed by atoms with Gasteiger partial charge in [0.15, 0.2) is 6.61 Å². The molecule has 0 unspecified atom stereocenters. The zero-order valence-electron chi connectivity index (χ0n) is 13.6. The number of nitrogens with zero attached hydrogens (tertiary/aromatic N) is 2. The van der Waals surface area contributed by atoms with Crippen LogP contribution in [0.2, 0.25) is 0 Å². The number of rotatable bonds is 5. The number of amides is 1. The largest absolute Gasteiger partial charge is 0.573 e. The highest BCUT2D eigenvalue weighted by Crippen LogP contribution is 2.23. The van der Waals surface area contributed by atoms with Crippen molar-refractivity contribution in [2.45, 2.75) is 6.36 Å². The lowest BCUT2D eigenvalue weighted by Gasteiger charge is -2.10. The van der Waals surface area contributed by atoms with Gasteiger partial charge in [0.25, 0.3) is 11.5 Å². The fraction of sp³-hybridized carbons (Fsp3) is 0.118. The van der Waals surface area contributed by atoms with E-state index in [2.05, 4.69) is 15.0 Å². The van der Waals surface area contributed by atoms with Crippen molar-refractivity contribution in [3.05, 3.63) is 65.1 Å². The van der Waals surface area contributed by atoms with Crippen LogP contribution in [0.15, 0.2) is 59.5 Å². The molecule has 0 saturated carbocycles. The molecule has 140 valence electrons. The van der Waals surface area contributed by atoms with Crippen LogP contribution in [0.5, 0.6) is 11.6 Å². The molecule has 1 N–H and O–H groups in total. The summed E-state index contributed by atoms with van der Waals surface area (Å²) in [5, 5.41) is 2.44. The maximum Gasteiger partial charge on any atom is 0.573 e. The first-order chi connectivity index (χ1) is 12.8. The van der Waals surface area contributed by atoms with Crippen molar-refractivity contribution in [2.75, 3.05) is 11.9 Å². The van der Waals surface area contributed by atoms with Gasteiger partial charge in [-0.15, -0.1) is 13.2 Å². The van der Waals surface area contributed by atoms with Crippen LogP contribution in [0.25, 0.3) is 5.65 Å². The second kappa shape index (κ2) is 7.36. The topological polar surface area (TPSA) is 81.9 Å². The smallest absolute Gasteiger partial charge is 0.467 e. The molecule has 0 saturated heterocycles. The second-order valence-corrected chi connectivity index (χ2v) is 5.27. The Balaban J connectivity index is 1.59. The average Bonchev–Trinajstić information content (AvgIpc) is 2.60. The fourth-order valence-corrected chi connectivity index (χ4v) is 2.18. The highest BCUT2D eigenvalue weighted by atomic mass is 19.4. The van der Waals surface area contributed by atoms with Crippen molar-refractivity contribution in [3.8, 4) is 11.6 Å². The van der Waals surface area contributed by atoms with E-state index in [4.69, 9.17) is 4.74 Å². The molecule has 1 aromatic carbocycles. The summed E-state index contributed by atoms with van der Waals surface area (Å²) >= 11 is 0. The summed E-state index contributed by atoms with van der Waals surface area (Å²) in [4.78, 5) is 27.9. The van der Waals surface area contributed by atoms with Crippen LogP contribution in [0, 0.1) is 0 Å². The summed E-state index contributed by atoms with van der Waals surface area (Å²) in [6.07, 6.45) is -3.24. The van der Waals surface area contributed by atoms with E-state index in [0.29, 0.717) is 5.65 Å². The van der Waals surface area contributed by atoms with E-state index in [1.807, 2.05) is 0 Å². The van der Waals surface area contributed by atoms with Gasteiger partial charge in [-0.3, -0.25) is 14.0 Å². The molecule has 2 heterocycles. The van der Waals surface area contributed by atoms with E-state index >= 15 is 0 Å². The Kier molecular flexibility index (Phi) is 4.97. The highest BCUT2D eigenvalue weighted by Gasteiger charge is 2.30. The quantitative estimate of drug-likeness (QED) is 0.737. The van der Waals surface area contributed by atoms with Gasteiger partial charge in [0.2, 0.25) is 5.88 Å². The SMILES string of the molecule is O=C(COc1cc(=O)n2ccccc2n1)Nc1ccc(OC(F)(F)F)cc1. The standard InChI is InChI=1S/C17H12F3N3O4/c18-17(19,20)27-12-6-4-11(5-7-12)21-14(24)10-26-15-9-16(25)23-8-2-1-3-13(23)22-15/h1-9H,10H2,(H,21,24). The van der Waals surface area contributed by atoms with Gasteiger partial charge in [-0.25, -0.2) is 0 Å². The summed E-state index contributed by atoms with van der Waals surface area (Å²) in [6, 6.07) is 10.8. The van der Waals surface area contributed by atoms with E-state index < -0.39 is 24.6 Å². The van der Waals surface area contributed by atoms with Crippen LogP contribution in [-0.2, 0) is 4.79 Å². The summed E-state index contributed by atoms with van der Waals surface area (Å²) < 4.78 is 46.6. The third kappa shape index (κ3) is 4.97. The molecule has 0 atom stereocenters. The van der Waals surface area contributed by atoms with Gasteiger partial charge in [-0.1, -0.05) is 6.07 Å². The Morgan fingerprint density at radius 2 is 1.89 bits per heavy atom. The molecule has 1 amide bonds. The van der Waals surface area contributed by atoms with E-state index in [1.54, 1.807) is 24.4 Å². The number of carbonyl (C=O) groups excluding carboxylic acids is 1. The summed E-state index contributed by atoms with van der Waals surface area (Å²) in [5.41, 5.74) is 0.251. The van der Waals surface area contributed by atoms with E-state index in [-0.39, 0.29) is 17.1 Å². The number of pyridine rings is 1. The first-order valence-electron chi connectivity index (χ1n) is 7.57. The number of hydrogen-bond donors (Lipinski definition) is 1. The number of nitrogens with one attached hydrogen (secondary N) is 1. The van der Waals surface area contributed by atoms with Gasteiger partial charge in [0, 0.05) is 11.9 Å². The third-order valence-corrected chi connectivity index (χ3v) is 3.27. The fourth-order valence-electron chi connectivity index (χ4n) is 2.18. The predicted molar refractivity (Wildman–Crippen MR) is 88.7 cm³/mol. The Labute approximate surface area is 150 Å². The first-order valence-corrected chi connectivity index (χ1v) is 7.57. The van der Waals surface area contributed by atoms with E-state index in [1.165, 1.54) is 16.5 Å². The molecule has 2 aromatic heterocycles. The van der Waals surface area contributed by atoms with Crippen molar-refractivity contribution in [3.63, 3.8) is 0 Å². The number of hydrogen-bond acceptors (Lipinski definition) is 5. The Bertz CT molecular complexity index is 1020. The summed E-state index contributed by atoms with van der Waals surface area (Å²) in [6.45, 7) is -0.434. The van der Waals surface area contributed by atoms with Crippen molar-refractivity contribution in [2.24, 2.45) is 0 Å². The number of ether oxygens (including phenoxy) is 2. The molecule has 0 radical (unpaired) electrons. The zero-order chi connectivity index (χ0) is 19.4. The number of carbonyl (C=O) groups is 1. The van der Waals surface area contributed by atoms with Gasteiger partial charge < -0.3 is 14.8 Å². The molecule has 0 fully saturated rings. The number of alkyl halides is 3. The van der Waals surface area contributed by atoms with Gasteiger partial charge >= 0.3 is 6.36 Å². The molecule has 0 aliphatic heterocycles. The molecule has 27 heavy (non-hydrogen) atoms. The molecule has 0 bridgehead atoms. The van der Waals surface area contributed by atoms with Crippen molar-refractivity contribution < 1.29 is 27.4 Å². The molecule has 0 aliphatic rings.